The van der Waals surface area contributed by atoms with E-state index in [4.69, 9.17) is 34.4 Å². The van der Waals surface area contributed by atoms with Crippen LogP contribution in [-0.4, -0.2) is 214 Å². The lowest BCUT2D eigenvalue weighted by Crippen LogP contribution is -2.61. The smallest absolute Gasteiger partial charge is 0.305 e. The molecule has 0 saturated heterocycles. The van der Waals surface area contributed by atoms with Crippen molar-refractivity contribution in [2.24, 2.45) is 62.1 Å². The molecule has 670 valence electrons. The minimum atomic E-state index is -1.96. The van der Waals surface area contributed by atoms with Crippen molar-refractivity contribution in [1.29, 1.82) is 0 Å². The quantitative estimate of drug-likeness (QED) is 0.0219. The Hall–Kier alpha value is -11.3. The highest BCUT2D eigenvalue weighted by Gasteiger charge is 2.38. The summed E-state index contributed by atoms with van der Waals surface area (Å²) in [6.45, 7) is 12.5. The first-order chi connectivity index (χ1) is 56.2. The number of carbonyl (C=O) groups excluding carboxylic acids is 14. The molecule has 13 atom stereocenters. The van der Waals surface area contributed by atoms with Crippen LogP contribution in [-0.2, 0) is 87.9 Å². The van der Waals surface area contributed by atoms with Gasteiger partial charge in [0.25, 0.3) is 0 Å². The Balaban J connectivity index is 3.56. The summed E-state index contributed by atoms with van der Waals surface area (Å²) >= 11 is 0. The van der Waals surface area contributed by atoms with Crippen molar-refractivity contribution in [2.45, 2.75) is 308 Å². The zero-order valence-electron chi connectivity index (χ0n) is 70.2. The van der Waals surface area contributed by atoms with E-state index in [0.717, 1.165) is 25.7 Å². The summed E-state index contributed by atoms with van der Waals surface area (Å²) < 4.78 is 0. The second-order valence-corrected chi connectivity index (χ2v) is 30.4. The van der Waals surface area contributed by atoms with Crippen molar-refractivity contribution in [3.63, 3.8) is 0 Å². The number of nitrogens with one attached hydrogen (secondary N) is 12. The lowest BCUT2D eigenvalue weighted by atomic mass is 9.97. The lowest BCUT2D eigenvalue weighted by molar-refractivity contribution is -0.141. The number of nitrogens with two attached hydrogens (primary N) is 6. The molecular formula is C79H134N20O20. The molecule has 0 fully saturated rings. The van der Waals surface area contributed by atoms with Gasteiger partial charge in [0.05, 0.1) is 13.0 Å². The second-order valence-electron chi connectivity index (χ2n) is 30.4. The third-order valence-corrected chi connectivity index (χ3v) is 19.6. The number of rotatable bonds is 65. The predicted molar refractivity (Wildman–Crippen MR) is 442 cm³/mol. The molecule has 1 aromatic carbocycles. The maximum absolute atomic E-state index is 14.7. The summed E-state index contributed by atoms with van der Waals surface area (Å²) in [6.07, 6.45) is 9.98. The zero-order valence-corrected chi connectivity index (χ0v) is 70.2. The Morgan fingerprint density at radius 2 is 0.748 bits per heavy atom. The molecular weight excluding hydrogens is 1550 g/mol. The number of aliphatic carboxylic acids is 3. The molecule has 0 spiro atoms. The number of amides is 14. The number of benzene rings is 1. The fourth-order valence-corrected chi connectivity index (χ4v) is 12.4. The number of hydrogen-bond donors (Lipinski definition) is 21. The molecule has 0 bridgehead atoms. The minimum absolute atomic E-state index is 0.00539. The van der Waals surface area contributed by atoms with Crippen LogP contribution in [0.25, 0.3) is 0 Å². The molecule has 40 nitrogen and oxygen atoms in total. The summed E-state index contributed by atoms with van der Waals surface area (Å²) in [4.78, 5) is 237. The standard InChI is InChI=1S/C79H134N20O20/c1-9-12-13-14-15-16-17-18-19-20-21-22-26-33-60(101)98-66(48(7)11-3)77(119)89-49(8)68(110)91-53(34-37-59(80)100)70(112)94-55(36-39-63(105)106)72(114)97-57(42-46(4)5)74(116)93-51(31-27-40-86-78(82)83)69(111)92-52(32-28-41-87-79(84)85)73(115)99-65(47(6)10-2)76(118)88-45-61(102)90-58(44-64(107)108)75(117)95-54(35-38-62(103)104)71(113)96-56(67(81)109)43-50-29-24-23-25-30-50/h23-25,29-30,46-49,51-58,65-66H,9-22,26-28,31-45H2,1-8H3,(H2,80,100)(H2,81,109)(H,88,118)(H,89,119)(H,90,102)(H,91,110)(H,92,111)(H,93,116)(H,94,112)(H,95,117)(H,96,113)(H,97,114)(H,98,101)(H,99,115)(H,103,104)(H,105,106)(H,107,108)(H4,82,83,86)(H4,84,85,87)/t47-,48-,49-,51-,52-,53-,54-,55-,56-,57-,58-,65-,66-/m0/s1. The van der Waals surface area contributed by atoms with Gasteiger partial charge in [-0.3, -0.25) is 91.5 Å². The predicted octanol–water partition coefficient (Wildman–Crippen LogP) is -0.620. The van der Waals surface area contributed by atoms with Crippen LogP contribution in [0.4, 0.5) is 0 Å². The van der Waals surface area contributed by atoms with Crippen molar-refractivity contribution in [3.8, 4) is 0 Å². The van der Waals surface area contributed by atoms with Crippen LogP contribution in [0.1, 0.15) is 241 Å². The Morgan fingerprint density at radius 1 is 0.361 bits per heavy atom. The molecule has 0 aliphatic rings. The van der Waals surface area contributed by atoms with Crippen molar-refractivity contribution < 1.29 is 96.8 Å². The Labute approximate surface area is 696 Å². The molecule has 119 heavy (non-hydrogen) atoms. The van der Waals surface area contributed by atoms with Gasteiger partial charge in [-0.2, -0.15) is 0 Å². The number of aliphatic imine (C=N–C) groups is 2. The van der Waals surface area contributed by atoms with Gasteiger partial charge in [0.15, 0.2) is 11.9 Å². The Bertz CT molecular complexity index is 3510. The van der Waals surface area contributed by atoms with Crippen molar-refractivity contribution in [2.75, 3.05) is 19.6 Å². The Kier molecular flexibility index (Phi) is 52.8. The van der Waals surface area contributed by atoms with E-state index in [1.807, 2.05) is 6.92 Å². The van der Waals surface area contributed by atoms with Gasteiger partial charge in [-0.1, -0.05) is 169 Å². The van der Waals surface area contributed by atoms with Crippen LogP contribution in [0.15, 0.2) is 40.3 Å². The first-order valence-corrected chi connectivity index (χ1v) is 41.2. The van der Waals surface area contributed by atoms with Crippen molar-refractivity contribution in [1.82, 2.24) is 63.8 Å². The average Bonchev–Trinajstić information content (AvgIpc) is 0.854. The summed E-state index contributed by atoms with van der Waals surface area (Å²) in [5.74, 6) is -20.3. The lowest BCUT2D eigenvalue weighted by Gasteiger charge is -2.29. The molecule has 14 amide bonds. The molecule has 0 heterocycles. The van der Waals surface area contributed by atoms with E-state index in [-0.39, 0.29) is 88.2 Å². The minimum Gasteiger partial charge on any atom is -0.481 e. The van der Waals surface area contributed by atoms with E-state index < -0.39 is 224 Å². The van der Waals surface area contributed by atoms with Gasteiger partial charge in [-0.15, -0.1) is 0 Å². The van der Waals surface area contributed by atoms with Gasteiger partial charge in [-0.25, -0.2) is 0 Å². The monoisotopic (exact) mass is 1680 g/mol. The fraction of sp³-hybridized carbons (Fsp3) is 0.684. The van der Waals surface area contributed by atoms with Crippen LogP contribution in [0.3, 0.4) is 0 Å². The van der Waals surface area contributed by atoms with E-state index >= 15 is 0 Å². The maximum atomic E-state index is 14.7. The third kappa shape index (κ3) is 47.1. The second kappa shape index (κ2) is 59.4. The molecule has 40 heteroatoms. The van der Waals surface area contributed by atoms with Gasteiger partial charge < -0.3 is 114 Å². The fourth-order valence-electron chi connectivity index (χ4n) is 12.4. The van der Waals surface area contributed by atoms with E-state index in [2.05, 4.69) is 80.7 Å². The SMILES string of the molecule is CCCCCCCCCCCCCCCC(=O)N[C@H](C(=O)N[C@@H](C)C(=O)N[C@@H](CCC(N)=O)C(=O)N[C@@H](CCC(=O)O)C(=O)N[C@@H](CC(C)C)C(=O)N[C@@H](CCCN=C(N)N)C(=O)N[C@@H](CCCN=C(N)N)C(=O)N[C@H](C(=O)NCC(=O)N[C@@H](CC(=O)O)C(=O)N[C@@H](CCC(=O)O)C(=O)N[C@@H](Cc1ccccc1)C(N)=O)[C@@H](C)CC)[C@@H](C)CC. The summed E-state index contributed by atoms with van der Waals surface area (Å²) in [5, 5.41) is 58.7. The maximum Gasteiger partial charge on any atom is 0.305 e. The molecule has 27 N–H and O–H groups in total. The summed E-state index contributed by atoms with van der Waals surface area (Å²) in [5.41, 5.74) is 33.9. The number of carboxylic acids is 3. The largest absolute Gasteiger partial charge is 0.481 e. The van der Waals surface area contributed by atoms with Crippen LogP contribution in [0.5, 0.6) is 0 Å². The van der Waals surface area contributed by atoms with E-state index in [1.54, 1.807) is 65.0 Å². The highest BCUT2D eigenvalue weighted by atomic mass is 16.4. The molecule has 1 aromatic rings. The van der Waals surface area contributed by atoms with Gasteiger partial charge in [0.2, 0.25) is 82.7 Å². The number of hydrogen-bond acceptors (Lipinski definition) is 19. The molecule has 1 rings (SSSR count). The number of nitrogens with zero attached hydrogens (tertiary/aromatic N) is 2. The van der Waals surface area contributed by atoms with E-state index in [1.165, 1.54) is 58.3 Å². The van der Waals surface area contributed by atoms with Crippen LogP contribution in [0, 0.1) is 17.8 Å². The van der Waals surface area contributed by atoms with Crippen molar-refractivity contribution in [3.05, 3.63) is 35.9 Å². The number of carbonyl (C=O) groups is 17. The number of guanidine groups is 2. The van der Waals surface area contributed by atoms with Crippen molar-refractivity contribution >= 4 is 113 Å². The third-order valence-electron chi connectivity index (χ3n) is 19.6. The average molecular weight is 1680 g/mol. The molecule has 0 aromatic heterocycles. The zero-order chi connectivity index (χ0) is 89.7. The van der Waals surface area contributed by atoms with Gasteiger partial charge in [0, 0.05) is 45.2 Å². The topological polar surface area (TPSA) is 676 Å². The van der Waals surface area contributed by atoms with Gasteiger partial charge >= 0.3 is 17.9 Å². The highest BCUT2D eigenvalue weighted by Crippen LogP contribution is 2.18. The van der Waals surface area contributed by atoms with E-state index in [0.29, 0.717) is 18.4 Å². The number of unbranched alkanes of at least 4 members (excludes halogenated alkanes) is 12. The normalized spacial score (nSPS) is 14.3. The first-order valence-electron chi connectivity index (χ1n) is 41.2. The van der Waals surface area contributed by atoms with Gasteiger partial charge in [0.1, 0.15) is 66.5 Å². The number of primary amides is 2. The van der Waals surface area contributed by atoms with Crippen LogP contribution < -0.4 is 98.2 Å². The summed E-state index contributed by atoms with van der Waals surface area (Å²) in [7, 11) is 0. The molecule has 0 aliphatic carbocycles. The molecule has 0 unspecified atom stereocenters. The highest BCUT2D eigenvalue weighted by molar-refractivity contribution is 6.00. The van der Waals surface area contributed by atoms with E-state index in [9.17, 15) is 96.8 Å². The molecule has 0 saturated carbocycles. The van der Waals surface area contributed by atoms with Crippen LogP contribution in [0.2, 0.25) is 0 Å². The van der Waals surface area contributed by atoms with Crippen LogP contribution >= 0.6 is 0 Å². The molecule has 0 radical (unpaired) electrons. The Morgan fingerprint density at radius 3 is 1.16 bits per heavy atom. The van der Waals surface area contributed by atoms with Gasteiger partial charge in [-0.05, 0) is 88.0 Å². The molecule has 0 aliphatic heterocycles. The number of carboxylic acid groups (broad SMARTS) is 3. The summed E-state index contributed by atoms with van der Waals surface area (Å²) in [6, 6.07) is -8.79. The first kappa shape index (κ1) is 106.